The third-order valence-electron chi connectivity index (χ3n) is 6.04. The zero-order chi connectivity index (χ0) is 28.1. The Balaban J connectivity index is 1.68. The first-order valence-corrected chi connectivity index (χ1v) is 14.7. The number of ether oxygens (including phenoxy) is 2. The molecule has 0 spiro atoms. The van der Waals surface area contributed by atoms with Crippen LogP contribution in [0, 0.1) is 12.8 Å². The summed E-state index contributed by atoms with van der Waals surface area (Å²) in [6, 6.07) is 11.7. The highest BCUT2D eigenvalue weighted by Crippen LogP contribution is 2.39. The quantitative estimate of drug-likeness (QED) is 0.176. The second-order valence-corrected chi connectivity index (χ2v) is 12.1. The first kappa shape index (κ1) is 28.7. The molecule has 0 aliphatic heterocycles. The molecule has 206 valence electrons. The van der Waals surface area contributed by atoms with Gasteiger partial charge in [0.2, 0.25) is 0 Å². The number of aryl methyl sites for hydroxylation is 1. The van der Waals surface area contributed by atoms with Crippen molar-refractivity contribution in [2.45, 2.75) is 47.1 Å². The van der Waals surface area contributed by atoms with E-state index in [1.165, 1.54) is 0 Å². The first-order valence-electron chi connectivity index (χ1n) is 13.0. The smallest absolute Gasteiger partial charge is 0.339 e. The summed E-state index contributed by atoms with van der Waals surface area (Å²) in [5, 5.41) is 12.7. The number of thiazole rings is 1. The Morgan fingerprint density at radius 1 is 1.10 bits per heavy atom. The fraction of sp³-hybridized carbons (Fsp3) is 0.367. The van der Waals surface area contributed by atoms with E-state index in [-0.39, 0.29) is 11.7 Å². The van der Waals surface area contributed by atoms with E-state index in [2.05, 4.69) is 24.9 Å². The van der Waals surface area contributed by atoms with Gasteiger partial charge in [0.25, 0.3) is 0 Å². The summed E-state index contributed by atoms with van der Waals surface area (Å²) in [6.45, 7) is 11.4. The molecular formula is C30H35N3O4S2. The number of anilines is 2. The van der Waals surface area contributed by atoms with Crippen LogP contribution in [-0.4, -0.2) is 47.4 Å². The van der Waals surface area contributed by atoms with Gasteiger partial charge in [-0.3, -0.25) is 0 Å². The number of carboxylic acids is 1. The maximum absolute atomic E-state index is 12.2. The van der Waals surface area contributed by atoms with Gasteiger partial charge in [-0.25, -0.2) is 14.8 Å². The van der Waals surface area contributed by atoms with Crippen LogP contribution in [-0.2, 0) is 11.2 Å². The van der Waals surface area contributed by atoms with Gasteiger partial charge in [-0.1, -0.05) is 32.0 Å². The third kappa shape index (κ3) is 7.03. The Hall–Kier alpha value is -3.27. The SMILES string of the molecule is Cc1ccc(-c2nc(N(C)c3ncc(-c4cccs4)cc3C(=O)O)sc2CC(C)C)cc1OCCOC(C)C. The molecular weight excluding hydrogens is 530 g/mol. The predicted molar refractivity (Wildman–Crippen MR) is 160 cm³/mol. The summed E-state index contributed by atoms with van der Waals surface area (Å²) in [7, 11) is 1.82. The number of hydrogen-bond donors (Lipinski definition) is 1. The minimum absolute atomic E-state index is 0.139. The molecule has 1 N–H and O–H groups in total. The van der Waals surface area contributed by atoms with Crippen molar-refractivity contribution in [3.63, 3.8) is 0 Å². The van der Waals surface area contributed by atoms with Crippen LogP contribution in [0.1, 0.15) is 48.5 Å². The van der Waals surface area contributed by atoms with Crippen molar-refractivity contribution < 1.29 is 19.4 Å². The fourth-order valence-electron chi connectivity index (χ4n) is 4.11. The van der Waals surface area contributed by atoms with E-state index in [0.29, 0.717) is 30.1 Å². The van der Waals surface area contributed by atoms with Crippen LogP contribution in [0.25, 0.3) is 21.7 Å². The van der Waals surface area contributed by atoms with Crippen LogP contribution >= 0.6 is 22.7 Å². The lowest BCUT2D eigenvalue weighted by Gasteiger charge is -2.17. The van der Waals surface area contributed by atoms with E-state index in [9.17, 15) is 9.90 Å². The Morgan fingerprint density at radius 3 is 2.56 bits per heavy atom. The largest absolute Gasteiger partial charge is 0.491 e. The van der Waals surface area contributed by atoms with Gasteiger partial charge in [-0.05, 0) is 62.3 Å². The summed E-state index contributed by atoms with van der Waals surface area (Å²) in [4.78, 5) is 25.7. The van der Waals surface area contributed by atoms with Crippen molar-refractivity contribution in [2.75, 3.05) is 25.2 Å². The molecule has 0 atom stereocenters. The normalized spacial score (nSPS) is 11.4. The first-order chi connectivity index (χ1) is 18.6. The average Bonchev–Trinajstić information content (AvgIpc) is 3.57. The van der Waals surface area contributed by atoms with Crippen LogP contribution in [0.2, 0.25) is 0 Å². The Labute approximate surface area is 238 Å². The Morgan fingerprint density at radius 2 is 1.90 bits per heavy atom. The van der Waals surface area contributed by atoms with Crippen LogP contribution in [0.3, 0.4) is 0 Å². The van der Waals surface area contributed by atoms with E-state index in [0.717, 1.165) is 44.3 Å². The minimum Gasteiger partial charge on any atom is -0.491 e. The minimum atomic E-state index is -1.02. The zero-order valence-electron chi connectivity index (χ0n) is 23.2. The number of hydrogen-bond acceptors (Lipinski definition) is 8. The average molecular weight is 566 g/mol. The standard InChI is InChI=1S/C30H35N3O4S2/c1-18(2)14-26-27(21-10-9-20(5)24(16-21)37-12-11-36-19(3)4)32-30(39-26)33(6)28-23(29(34)35)15-22(17-31-28)25-8-7-13-38-25/h7-10,13,15-19H,11-12,14H2,1-6H3,(H,34,35). The van der Waals surface area contributed by atoms with Crippen molar-refractivity contribution >= 4 is 39.6 Å². The van der Waals surface area contributed by atoms with Crippen LogP contribution in [0.5, 0.6) is 5.75 Å². The monoisotopic (exact) mass is 565 g/mol. The number of carbonyl (C=O) groups is 1. The number of benzene rings is 1. The molecule has 0 saturated carbocycles. The van der Waals surface area contributed by atoms with Gasteiger partial charge in [0.15, 0.2) is 5.13 Å². The van der Waals surface area contributed by atoms with Gasteiger partial charge in [0.05, 0.1) is 18.4 Å². The number of rotatable bonds is 12. The van der Waals surface area contributed by atoms with Gasteiger partial charge >= 0.3 is 5.97 Å². The summed E-state index contributed by atoms with van der Waals surface area (Å²) >= 11 is 3.12. The van der Waals surface area contributed by atoms with E-state index < -0.39 is 5.97 Å². The maximum atomic E-state index is 12.2. The number of aromatic nitrogens is 2. The lowest BCUT2D eigenvalue weighted by atomic mass is 10.0. The summed E-state index contributed by atoms with van der Waals surface area (Å²) in [5.41, 5.74) is 3.81. The number of thiophene rings is 1. The van der Waals surface area contributed by atoms with Gasteiger partial charge < -0.3 is 19.5 Å². The molecule has 1 aromatic carbocycles. The van der Waals surface area contributed by atoms with Gasteiger partial charge in [0.1, 0.15) is 23.7 Å². The molecule has 0 amide bonds. The summed E-state index contributed by atoms with van der Waals surface area (Å²) in [6.07, 6.45) is 2.73. The van der Waals surface area contributed by atoms with Crippen LogP contribution in [0.15, 0.2) is 48.0 Å². The van der Waals surface area contributed by atoms with Crippen LogP contribution in [0.4, 0.5) is 10.9 Å². The van der Waals surface area contributed by atoms with Gasteiger partial charge in [0, 0.05) is 34.1 Å². The van der Waals surface area contributed by atoms with Crippen LogP contribution < -0.4 is 9.64 Å². The molecule has 0 aliphatic rings. The lowest BCUT2D eigenvalue weighted by Crippen LogP contribution is -2.15. The fourth-order valence-corrected chi connectivity index (χ4v) is 6.07. The molecule has 0 unspecified atom stereocenters. The van der Waals surface area contributed by atoms with Crippen molar-refractivity contribution in [1.29, 1.82) is 0 Å². The second-order valence-electron chi connectivity index (χ2n) is 10.1. The van der Waals surface area contributed by atoms with Crippen molar-refractivity contribution in [3.8, 4) is 27.4 Å². The van der Waals surface area contributed by atoms with E-state index in [1.807, 2.05) is 57.5 Å². The topological polar surface area (TPSA) is 84.8 Å². The molecule has 0 bridgehead atoms. The molecule has 3 heterocycles. The van der Waals surface area contributed by atoms with Crippen molar-refractivity contribution in [3.05, 3.63) is 64.0 Å². The van der Waals surface area contributed by atoms with Crippen molar-refractivity contribution in [2.24, 2.45) is 5.92 Å². The van der Waals surface area contributed by atoms with Gasteiger partial charge in [-0.15, -0.1) is 22.7 Å². The molecule has 4 aromatic rings. The molecule has 9 heteroatoms. The second kappa shape index (κ2) is 12.7. The predicted octanol–water partition coefficient (Wildman–Crippen LogP) is 7.71. The molecule has 3 aromatic heterocycles. The number of aromatic carboxylic acids is 1. The van der Waals surface area contributed by atoms with Crippen molar-refractivity contribution in [1.82, 2.24) is 9.97 Å². The van der Waals surface area contributed by atoms with E-state index in [4.69, 9.17) is 14.5 Å². The Kier molecular flexibility index (Phi) is 9.37. The molecule has 39 heavy (non-hydrogen) atoms. The number of nitrogens with zero attached hydrogens (tertiary/aromatic N) is 3. The summed E-state index contributed by atoms with van der Waals surface area (Å²) in [5.74, 6) is 0.563. The number of carboxylic acid groups (broad SMARTS) is 1. The highest BCUT2D eigenvalue weighted by Gasteiger charge is 2.23. The maximum Gasteiger partial charge on any atom is 0.339 e. The third-order valence-corrected chi connectivity index (χ3v) is 8.11. The highest BCUT2D eigenvalue weighted by atomic mass is 32.1. The summed E-state index contributed by atoms with van der Waals surface area (Å²) < 4.78 is 11.7. The molecule has 0 radical (unpaired) electrons. The van der Waals surface area contributed by atoms with E-state index >= 15 is 0 Å². The number of pyridine rings is 1. The van der Waals surface area contributed by atoms with E-state index in [1.54, 1.807) is 39.8 Å². The molecule has 0 fully saturated rings. The molecule has 0 aliphatic carbocycles. The molecule has 7 nitrogen and oxygen atoms in total. The Bertz CT molecular complexity index is 1410. The molecule has 0 saturated heterocycles. The zero-order valence-corrected chi connectivity index (χ0v) is 24.9. The highest BCUT2D eigenvalue weighted by molar-refractivity contribution is 7.16. The molecule has 4 rings (SSSR count). The van der Waals surface area contributed by atoms with Gasteiger partial charge in [-0.2, -0.15) is 0 Å². The lowest BCUT2D eigenvalue weighted by molar-refractivity contribution is 0.0551.